The Morgan fingerprint density at radius 2 is 2.04 bits per heavy atom. The molecule has 4 nitrogen and oxygen atoms in total. The summed E-state index contributed by atoms with van der Waals surface area (Å²) in [5.41, 5.74) is 4.20. The summed E-state index contributed by atoms with van der Waals surface area (Å²) in [5.74, 6) is 5.48. The Morgan fingerprint density at radius 3 is 2.69 bits per heavy atom. The van der Waals surface area contributed by atoms with E-state index in [1.165, 1.54) is 18.5 Å². The molecule has 0 atom stereocenters. The van der Waals surface area contributed by atoms with Gasteiger partial charge in [0.25, 0.3) is 5.91 Å². The Kier molecular flexibility index (Phi) is 5.25. The maximum Gasteiger partial charge on any atom is 0.262 e. The minimum Gasteiger partial charge on any atom is -0.346 e. The molecule has 1 N–H and O–H groups in total. The first-order chi connectivity index (χ1) is 12.6. The molecular weight excluding hydrogens is 322 g/mol. The minimum atomic E-state index is -0.397. The van der Waals surface area contributed by atoms with E-state index in [1.807, 2.05) is 49.4 Å². The number of aromatic nitrogens is 1. The average molecular weight is 343 g/mol. The minimum absolute atomic E-state index is 0.0996. The van der Waals surface area contributed by atoms with Gasteiger partial charge in [-0.05, 0) is 56.5 Å². The molecule has 1 aromatic carbocycles. The number of hydrogen-bond acceptors (Lipinski definition) is 2. The van der Waals surface area contributed by atoms with E-state index in [1.54, 1.807) is 6.08 Å². The lowest BCUT2D eigenvalue weighted by Crippen LogP contribution is -2.24. The van der Waals surface area contributed by atoms with Gasteiger partial charge in [-0.25, -0.2) is 0 Å². The molecule has 0 saturated heterocycles. The summed E-state index contributed by atoms with van der Waals surface area (Å²) in [7, 11) is 0. The number of amides is 1. The molecule has 1 aliphatic rings. The second kappa shape index (κ2) is 7.76. The number of aryl methyl sites for hydroxylation is 1. The predicted molar refractivity (Wildman–Crippen MR) is 102 cm³/mol. The highest BCUT2D eigenvalue weighted by molar-refractivity contribution is 6.01. The van der Waals surface area contributed by atoms with Crippen molar-refractivity contribution in [1.29, 1.82) is 5.26 Å². The molecule has 0 bridgehead atoms. The smallest absolute Gasteiger partial charge is 0.262 e. The summed E-state index contributed by atoms with van der Waals surface area (Å²) < 4.78 is 2.30. The highest BCUT2D eigenvalue weighted by atomic mass is 16.1. The van der Waals surface area contributed by atoms with Gasteiger partial charge in [0.1, 0.15) is 11.6 Å². The van der Waals surface area contributed by atoms with Gasteiger partial charge in [-0.1, -0.05) is 30.0 Å². The number of rotatable bonds is 4. The van der Waals surface area contributed by atoms with E-state index in [9.17, 15) is 10.1 Å². The molecule has 0 aliphatic heterocycles. The molecule has 0 unspecified atom stereocenters. The quantitative estimate of drug-likeness (QED) is 0.525. The van der Waals surface area contributed by atoms with E-state index in [-0.39, 0.29) is 12.1 Å². The van der Waals surface area contributed by atoms with Crippen LogP contribution in [0.5, 0.6) is 0 Å². The van der Waals surface area contributed by atoms with E-state index < -0.39 is 5.91 Å². The van der Waals surface area contributed by atoms with Crippen LogP contribution in [0.2, 0.25) is 0 Å². The first kappa shape index (κ1) is 17.6. The van der Waals surface area contributed by atoms with E-state index in [4.69, 9.17) is 0 Å². The number of carbonyl (C=O) groups is 1. The fourth-order valence-electron chi connectivity index (χ4n) is 3.03. The summed E-state index contributed by atoms with van der Waals surface area (Å²) in [6.45, 7) is 4.30. The lowest BCUT2D eigenvalue weighted by Gasteiger charge is -2.06. The lowest BCUT2D eigenvalue weighted by molar-refractivity contribution is -0.116. The first-order valence-electron chi connectivity index (χ1n) is 8.72. The third kappa shape index (κ3) is 4.05. The van der Waals surface area contributed by atoms with Crippen LogP contribution in [0.25, 0.3) is 6.08 Å². The Balaban J connectivity index is 1.68. The van der Waals surface area contributed by atoms with Crippen LogP contribution in [-0.4, -0.2) is 17.0 Å². The van der Waals surface area contributed by atoms with Gasteiger partial charge >= 0.3 is 0 Å². The van der Waals surface area contributed by atoms with Crippen LogP contribution in [-0.2, 0) is 4.79 Å². The second-order valence-corrected chi connectivity index (χ2v) is 6.45. The van der Waals surface area contributed by atoms with Crippen LogP contribution in [0.15, 0.2) is 42.0 Å². The standard InChI is InChI=1S/C22H21N3O/c1-16-13-19(17(2)25(16)21-10-11-21)14-20(15-23)22(26)24-12-6-9-18-7-4-3-5-8-18/h3-5,7-8,13-14,21H,10-12H2,1-2H3,(H,24,26)/b20-14+. The zero-order valence-electron chi connectivity index (χ0n) is 15.0. The third-order valence-electron chi connectivity index (χ3n) is 4.44. The third-order valence-corrected chi connectivity index (χ3v) is 4.44. The highest BCUT2D eigenvalue weighted by Crippen LogP contribution is 2.38. The van der Waals surface area contributed by atoms with Crippen LogP contribution < -0.4 is 5.32 Å². The fraction of sp³-hybridized carbons (Fsp3) is 0.273. The van der Waals surface area contributed by atoms with Crippen LogP contribution in [0.4, 0.5) is 0 Å². The maximum atomic E-state index is 12.3. The lowest BCUT2D eigenvalue weighted by atomic mass is 10.1. The van der Waals surface area contributed by atoms with Gasteiger partial charge in [-0.3, -0.25) is 4.79 Å². The molecule has 130 valence electrons. The van der Waals surface area contributed by atoms with Crippen molar-refractivity contribution >= 4 is 12.0 Å². The molecule has 2 aromatic rings. The molecule has 1 saturated carbocycles. The van der Waals surface area contributed by atoms with Crippen molar-refractivity contribution in [2.24, 2.45) is 0 Å². The molecule has 3 rings (SSSR count). The van der Waals surface area contributed by atoms with Gasteiger partial charge in [0.15, 0.2) is 0 Å². The monoisotopic (exact) mass is 343 g/mol. The molecule has 1 aromatic heterocycles. The number of nitriles is 1. The number of carbonyl (C=O) groups excluding carboxylic acids is 1. The highest BCUT2D eigenvalue weighted by Gasteiger charge is 2.26. The van der Waals surface area contributed by atoms with Crippen molar-refractivity contribution in [3.05, 3.63) is 64.5 Å². The molecule has 1 amide bonds. The summed E-state index contributed by atoms with van der Waals surface area (Å²) in [4.78, 5) is 12.3. The SMILES string of the molecule is Cc1cc(/C=C(\C#N)C(=O)NCC#Cc2ccccc2)c(C)n1C1CC1. The van der Waals surface area contributed by atoms with E-state index in [0.717, 1.165) is 16.8 Å². The predicted octanol–water partition coefficient (Wildman–Crippen LogP) is 3.51. The number of hydrogen-bond donors (Lipinski definition) is 1. The topological polar surface area (TPSA) is 57.8 Å². The van der Waals surface area contributed by atoms with Gasteiger partial charge in [0, 0.05) is 23.0 Å². The molecule has 0 radical (unpaired) electrons. The van der Waals surface area contributed by atoms with Gasteiger partial charge in [-0.2, -0.15) is 5.26 Å². The Morgan fingerprint density at radius 1 is 1.31 bits per heavy atom. The largest absolute Gasteiger partial charge is 0.346 e. The summed E-state index contributed by atoms with van der Waals surface area (Å²) in [6, 6.07) is 14.2. The maximum absolute atomic E-state index is 12.3. The van der Waals surface area contributed by atoms with Gasteiger partial charge in [0.2, 0.25) is 0 Å². The second-order valence-electron chi connectivity index (χ2n) is 6.45. The van der Waals surface area contributed by atoms with Crippen molar-refractivity contribution < 1.29 is 4.79 Å². The Bertz CT molecular complexity index is 945. The number of nitrogens with one attached hydrogen (secondary N) is 1. The summed E-state index contributed by atoms with van der Waals surface area (Å²) in [6.07, 6.45) is 4.07. The summed E-state index contributed by atoms with van der Waals surface area (Å²) >= 11 is 0. The van der Waals surface area contributed by atoms with Crippen molar-refractivity contribution in [2.45, 2.75) is 32.7 Å². The van der Waals surface area contributed by atoms with E-state index >= 15 is 0 Å². The molecule has 1 heterocycles. The van der Waals surface area contributed by atoms with Gasteiger partial charge < -0.3 is 9.88 Å². The number of benzene rings is 1. The van der Waals surface area contributed by atoms with Crippen molar-refractivity contribution in [3.63, 3.8) is 0 Å². The number of nitrogens with zero attached hydrogens (tertiary/aromatic N) is 2. The Labute approximate surface area is 154 Å². The summed E-state index contributed by atoms with van der Waals surface area (Å²) in [5, 5.41) is 12.0. The van der Waals surface area contributed by atoms with E-state index in [2.05, 4.69) is 28.6 Å². The van der Waals surface area contributed by atoms with Crippen LogP contribution in [0.3, 0.4) is 0 Å². The van der Waals surface area contributed by atoms with Gasteiger partial charge in [0.05, 0.1) is 6.54 Å². The van der Waals surface area contributed by atoms with Crippen LogP contribution in [0, 0.1) is 37.0 Å². The van der Waals surface area contributed by atoms with Crippen LogP contribution >= 0.6 is 0 Å². The molecular formula is C22H21N3O. The van der Waals surface area contributed by atoms with E-state index in [0.29, 0.717) is 6.04 Å². The average Bonchev–Trinajstić information content (AvgIpc) is 3.43. The fourth-order valence-corrected chi connectivity index (χ4v) is 3.03. The molecule has 4 heteroatoms. The molecule has 1 fully saturated rings. The van der Waals surface area contributed by atoms with Crippen molar-refractivity contribution in [3.8, 4) is 17.9 Å². The normalized spacial score (nSPS) is 13.5. The van der Waals surface area contributed by atoms with Gasteiger partial charge in [-0.15, -0.1) is 0 Å². The molecule has 0 spiro atoms. The first-order valence-corrected chi connectivity index (χ1v) is 8.72. The van der Waals surface area contributed by atoms with Crippen molar-refractivity contribution in [2.75, 3.05) is 6.54 Å². The zero-order valence-corrected chi connectivity index (χ0v) is 15.0. The Hall–Kier alpha value is -3.24. The molecule has 26 heavy (non-hydrogen) atoms. The molecule has 1 aliphatic carbocycles. The van der Waals surface area contributed by atoms with Crippen LogP contribution in [0.1, 0.15) is 41.4 Å². The zero-order chi connectivity index (χ0) is 18.5. The van der Waals surface area contributed by atoms with Crippen molar-refractivity contribution in [1.82, 2.24) is 9.88 Å².